The van der Waals surface area contributed by atoms with E-state index in [0.717, 1.165) is 25.0 Å². The summed E-state index contributed by atoms with van der Waals surface area (Å²) in [5, 5.41) is 5.71. The molecule has 0 spiro atoms. The van der Waals surface area contributed by atoms with Crippen LogP contribution in [-0.2, 0) is 16.1 Å². The average molecular weight is 396 g/mol. The first-order valence-corrected chi connectivity index (χ1v) is 9.76. The van der Waals surface area contributed by atoms with Gasteiger partial charge in [0.15, 0.2) is 6.10 Å². The van der Waals surface area contributed by atoms with E-state index in [1.807, 2.05) is 12.1 Å². The average Bonchev–Trinajstić information content (AvgIpc) is 3.22. The van der Waals surface area contributed by atoms with Crippen LogP contribution < -0.4 is 15.4 Å². The summed E-state index contributed by atoms with van der Waals surface area (Å²) in [5.74, 6) is 0.374. The van der Waals surface area contributed by atoms with Crippen LogP contribution >= 0.6 is 0 Å². The zero-order chi connectivity index (χ0) is 20.2. The Bertz CT molecular complexity index is 884. The van der Waals surface area contributed by atoms with Gasteiger partial charge in [0, 0.05) is 37.8 Å². The van der Waals surface area contributed by atoms with E-state index in [2.05, 4.69) is 15.6 Å². The van der Waals surface area contributed by atoms with Gasteiger partial charge >= 0.3 is 6.03 Å². The molecule has 29 heavy (non-hydrogen) atoms. The van der Waals surface area contributed by atoms with Crippen LogP contribution in [0.25, 0.3) is 0 Å². The first kappa shape index (κ1) is 19.2. The number of carbonyl (C=O) groups is 2. The zero-order valence-electron chi connectivity index (χ0n) is 16.3. The Morgan fingerprint density at radius 3 is 3.03 bits per heavy atom. The number of anilines is 2. The third kappa shape index (κ3) is 4.65. The molecule has 152 valence electrons. The number of hydrogen-bond donors (Lipinski definition) is 2. The molecule has 0 radical (unpaired) electrons. The van der Waals surface area contributed by atoms with Gasteiger partial charge in [-0.25, -0.2) is 4.79 Å². The Morgan fingerprint density at radius 1 is 1.38 bits per heavy atom. The summed E-state index contributed by atoms with van der Waals surface area (Å²) >= 11 is 0. The molecular weight excluding hydrogens is 372 g/mol. The molecule has 0 saturated carbocycles. The molecule has 3 amide bonds. The fraction of sp³-hybridized carbons (Fsp3) is 0.381. The van der Waals surface area contributed by atoms with E-state index in [1.54, 1.807) is 42.4 Å². The standard InChI is InChI=1S/C21H24N4O4/c1-14-20(26)24-18-10-16(6-7-19(18)29-14)23-21(27)25(13-17-5-3-9-28-17)12-15-4-2-8-22-11-15/h2,4,6-8,10-11,14,17H,3,5,9,12-13H2,1H3,(H,23,27)(H,24,26)/t14-,17+/m1/s1. The molecule has 3 heterocycles. The van der Waals surface area contributed by atoms with E-state index in [-0.39, 0.29) is 18.0 Å². The van der Waals surface area contributed by atoms with Crippen molar-refractivity contribution >= 4 is 23.3 Å². The molecule has 2 aromatic rings. The van der Waals surface area contributed by atoms with Gasteiger partial charge in [-0.15, -0.1) is 0 Å². The summed E-state index contributed by atoms with van der Waals surface area (Å²) in [7, 11) is 0. The van der Waals surface area contributed by atoms with Crippen molar-refractivity contribution in [3.8, 4) is 5.75 Å². The van der Waals surface area contributed by atoms with Crippen molar-refractivity contribution < 1.29 is 19.1 Å². The Balaban J connectivity index is 1.48. The van der Waals surface area contributed by atoms with Gasteiger partial charge in [-0.05, 0) is 49.6 Å². The zero-order valence-corrected chi connectivity index (χ0v) is 16.3. The summed E-state index contributed by atoms with van der Waals surface area (Å²) in [5.41, 5.74) is 2.07. The van der Waals surface area contributed by atoms with Gasteiger partial charge in [0.05, 0.1) is 11.8 Å². The van der Waals surface area contributed by atoms with E-state index < -0.39 is 6.10 Å². The molecule has 8 nitrogen and oxygen atoms in total. The van der Waals surface area contributed by atoms with E-state index in [1.165, 1.54) is 0 Å². The monoisotopic (exact) mass is 396 g/mol. The number of amides is 3. The van der Waals surface area contributed by atoms with Crippen molar-refractivity contribution in [2.24, 2.45) is 0 Å². The highest BCUT2D eigenvalue weighted by atomic mass is 16.5. The van der Waals surface area contributed by atoms with Crippen LogP contribution in [0.5, 0.6) is 5.75 Å². The van der Waals surface area contributed by atoms with Gasteiger partial charge in [0.1, 0.15) is 5.75 Å². The molecule has 2 aliphatic rings. The maximum atomic E-state index is 13.0. The number of rotatable bonds is 5. The lowest BCUT2D eigenvalue weighted by Gasteiger charge is -2.27. The number of urea groups is 1. The number of nitrogens with zero attached hydrogens (tertiary/aromatic N) is 2. The lowest BCUT2D eigenvalue weighted by molar-refractivity contribution is -0.122. The lowest BCUT2D eigenvalue weighted by atomic mass is 10.2. The van der Waals surface area contributed by atoms with E-state index in [9.17, 15) is 9.59 Å². The second kappa shape index (κ2) is 8.48. The Labute approximate surface area is 169 Å². The third-order valence-corrected chi connectivity index (χ3v) is 4.99. The van der Waals surface area contributed by atoms with Gasteiger partial charge in [-0.2, -0.15) is 0 Å². The number of fused-ring (bicyclic) bond motifs is 1. The second-order valence-corrected chi connectivity index (χ2v) is 7.27. The highest BCUT2D eigenvalue weighted by Crippen LogP contribution is 2.32. The molecule has 1 aromatic carbocycles. The normalized spacial score (nSPS) is 20.4. The van der Waals surface area contributed by atoms with Crippen LogP contribution in [0, 0.1) is 0 Å². The molecular formula is C21H24N4O4. The highest BCUT2D eigenvalue weighted by Gasteiger charge is 2.25. The summed E-state index contributed by atoms with van der Waals surface area (Å²) < 4.78 is 11.3. The molecule has 1 saturated heterocycles. The minimum atomic E-state index is -0.538. The lowest BCUT2D eigenvalue weighted by Crippen LogP contribution is -2.39. The summed E-state index contributed by atoms with van der Waals surface area (Å²) in [6.07, 6.45) is 4.91. The molecule has 1 aromatic heterocycles. The molecule has 0 unspecified atom stereocenters. The first-order valence-electron chi connectivity index (χ1n) is 9.76. The smallest absolute Gasteiger partial charge is 0.322 e. The van der Waals surface area contributed by atoms with E-state index in [0.29, 0.717) is 30.2 Å². The molecule has 1 fully saturated rings. The number of nitrogens with one attached hydrogen (secondary N) is 2. The fourth-order valence-corrected chi connectivity index (χ4v) is 3.45. The minimum absolute atomic E-state index is 0.0372. The first-order chi connectivity index (χ1) is 14.1. The van der Waals surface area contributed by atoms with Crippen LogP contribution in [0.15, 0.2) is 42.7 Å². The van der Waals surface area contributed by atoms with Crippen LogP contribution in [-0.4, -0.2) is 47.2 Å². The maximum Gasteiger partial charge on any atom is 0.322 e. The number of aromatic nitrogens is 1. The topological polar surface area (TPSA) is 92.8 Å². The van der Waals surface area contributed by atoms with Crippen LogP contribution in [0.4, 0.5) is 16.2 Å². The predicted octanol–water partition coefficient (Wildman–Crippen LogP) is 3.01. The Hall–Kier alpha value is -3.13. The van der Waals surface area contributed by atoms with E-state index in [4.69, 9.17) is 9.47 Å². The molecule has 8 heteroatoms. The van der Waals surface area contributed by atoms with Crippen molar-refractivity contribution in [1.29, 1.82) is 0 Å². The summed E-state index contributed by atoms with van der Waals surface area (Å²) in [4.78, 5) is 30.7. The Morgan fingerprint density at radius 2 is 2.28 bits per heavy atom. The number of ether oxygens (including phenoxy) is 2. The van der Waals surface area contributed by atoms with Crippen molar-refractivity contribution in [3.63, 3.8) is 0 Å². The maximum absolute atomic E-state index is 13.0. The van der Waals surface area contributed by atoms with Gasteiger partial charge in [-0.3, -0.25) is 9.78 Å². The summed E-state index contributed by atoms with van der Waals surface area (Å²) in [6.45, 7) is 3.36. The number of carbonyl (C=O) groups excluding carboxylic acids is 2. The minimum Gasteiger partial charge on any atom is -0.479 e. The highest BCUT2D eigenvalue weighted by molar-refractivity contribution is 5.99. The predicted molar refractivity (Wildman–Crippen MR) is 108 cm³/mol. The van der Waals surface area contributed by atoms with Gasteiger partial charge in [0.2, 0.25) is 0 Å². The van der Waals surface area contributed by atoms with Crippen molar-refractivity contribution in [3.05, 3.63) is 48.3 Å². The SMILES string of the molecule is C[C@H]1Oc2ccc(NC(=O)N(Cc3cccnc3)C[C@@H]3CCCO3)cc2NC1=O. The fourth-order valence-electron chi connectivity index (χ4n) is 3.45. The van der Waals surface area contributed by atoms with Crippen molar-refractivity contribution in [1.82, 2.24) is 9.88 Å². The quantitative estimate of drug-likeness (QED) is 0.810. The van der Waals surface area contributed by atoms with E-state index >= 15 is 0 Å². The van der Waals surface area contributed by atoms with Crippen LogP contribution in [0.2, 0.25) is 0 Å². The number of benzene rings is 1. The largest absolute Gasteiger partial charge is 0.479 e. The molecule has 4 rings (SSSR count). The number of hydrogen-bond acceptors (Lipinski definition) is 5. The number of pyridine rings is 1. The van der Waals surface area contributed by atoms with Crippen molar-refractivity contribution in [2.45, 2.75) is 38.5 Å². The second-order valence-electron chi connectivity index (χ2n) is 7.27. The molecule has 0 bridgehead atoms. The molecule has 0 aliphatic carbocycles. The van der Waals surface area contributed by atoms with Gasteiger partial charge < -0.3 is 25.0 Å². The Kier molecular flexibility index (Phi) is 5.62. The molecule has 2 N–H and O–H groups in total. The van der Waals surface area contributed by atoms with Gasteiger partial charge in [-0.1, -0.05) is 6.07 Å². The van der Waals surface area contributed by atoms with Crippen LogP contribution in [0.3, 0.4) is 0 Å². The third-order valence-electron chi connectivity index (χ3n) is 4.99. The molecule has 2 aliphatic heterocycles. The summed E-state index contributed by atoms with van der Waals surface area (Å²) in [6, 6.07) is 8.76. The van der Waals surface area contributed by atoms with Crippen LogP contribution in [0.1, 0.15) is 25.3 Å². The van der Waals surface area contributed by atoms with Gasteiger partial charge in [0.25, 0.3) is 5.91 Å². The van der Waals surface area contributed by atoms with Crippen molar-refractivity contribution in [2.75, 3.05) is 23.8 Å². The molecule has 2 atom stereocenters.